The first-order valence-corrected chi connectivity index (χ1v) is 8.07. The molecule has 0 bridgehead atoms. The number of carbonyl (C=O) groups is 2. The summed E-state index contributed by atoms with van der Waals surface area (Å²) in [7, 11) is 0. The third-order valence-electron chi connectivity index (χ3n) is 3.77. The van der Waals surface area contributed by atoms with E-state index in [2.05, 4.69) is 31.5 Å². The molecular formula is C14H14BrFN6O2. The van der Waals surface area contributed by atoms with Crippen LogP contribution in [0.15, 0.2) is 29.0 Å². The molecule has 0 saturated carbocycles. The van der Waals surface area contributed by atoms with Crippen LogP contribution in [0.2, 0.25) is 0 Å². The molecule has 0 aliphatic carbocycles. The van der Waals surface area contributed by atoms with Crippen molar-refractivity contribution in [2.75, 3.05) is 26.2 Å². The van der Waals surface area contributed by atoms with Gasteiger partial charge in [0.1, 0.15) is 18.7 Å². The lowest BCUT2D eigenvalue weighted by Gasteiger charge is -2.34. The highest BCUT2D eigenvalue weighted by atomic mass is 79.9. The summed E-state index contributed by atoms with van der Waals surface area (Å²) < 4.78 is 15.8. The monoisotopic (exact) mass is 396 g/mol. The van der Waals surface area contributed by atoms with Crippen molar-refractivity contribution in [1.29, 1.82) is 0 Å². The normalized spacial score (nSPS) is 14.8. The Hall–Kier alpha value is -2.36. The number of hydrogen-bond acceptors (Lipinski definition) is 5. The van der Waals surface area contributed by atoms with Crippen molar-refractivity contribution in [2.24, 2.45) is 0 Å². The highest BCUT2D eigenvalue weighted by molar-refractivity contribution is 9.10. The van der Waals surface area contributed by atoms with Gasteiger partial charge in [-0.05, 0) is 28.6 Å². The summed E-state index contributed by atoms with van der Waals surface area (Å²) in [6.07, 6.45) is 1.37. The molecule has 1 fully saturated rings. The summed E-state index contributed by atoms with van der Waals surface area (Å²) in [4.78, 5) is 27.8. The van der Waals surface area contributed by atoms with Crippen molar-refractivity contribution >= 4 is 27.7 Å². The molecule has 0 radical (unpaired) electrons. The fraction of sp³-hybridized carbons (Fsp3) is 0.357. The number of halogens is 2. The lowest BCUT2D eigenvalue weighted by atomic mass is 10.1. The van der Waals surface area contributed by atoms with E-state index in [4.69, 9.17) is 0 Å². The Morgan fingerprint density at radius 2 is 1.88 bits per heavy atom. The third-order valence-corrected chi connectivity index (χ3v) is 4.26. The smallest absolute Gasteiger partial charge is 0.256 e. The Bertz CT molecular complexity index is 746. The van der Waals surface area contributed by atoms with Gasteiger partial charge in [-0.15, -0.1) is 5.10 Å². The maximum absolute atomic E-state index is 13.8. The van der Waals surface area contributed by atoms with Gasteiger partial charge >= 0.3 is 0 Å². The molecule has 0 atom stereocenters. The average Bonchev–Trinajstić information content (AvgIpc) is 3.09. The summed E-state index contributed by atoms with van der Waals surface area (Å²) in [5, 5.41) is 10.6. The van der Waals surface area contributed by atoms with Crippen LogP contribution in [-0.2, 0) is 11.3 Å². The molecule has 1 aromatic heterocycles. The minimum Gasteiger partial charge on any atom is -0.338 e. The number of nitrogens with zero attached hydrogens (tertiary/aromatic N) is 6. The van der Waals surface area contributed by atoms with Crippen LogP contribution < -0.4 is 0 Å². The number of amides is 2. The van der Waals surface area contributed by atoms with Crippen molar-refractivity contribution in [3.8, 4) is 0 Å². The van der Waals surface area contributed by atoms with Gasteiger partial charge in [0.2, 0.25) is 5.91 Å². The number of hydrogen-bond donors (Lipinski definition) is 0. The molecule has 3 rings (SSSR count). The Morgan fingerprint density at radius 1 is 1.17 bits per heavy atom. The van der Waals surface area contributed by atoms with Gasteiger partial charge in [-0.2, -0.15) is 0 Å². The van der Waals surface area contributed by atoms with Gasteiger partial charge in [0.05, 0.1) is 5.56 Å². The van der Waals surface area contributed by atoms with Crippen LogP contribution in [0.3, 0.4) is 0 Å². The molecule has 2 aromatic rings. The molecule has 126 valence electrons. The summed E-state index contributed by atoms with van der Waals surface area (Å²) in [6.45, 7) is 1.55. The quantitative estimate of drug-likeness (QED) is 0.756. The highest BCUT2D eigenvalue weighted by Gasteiger charge is 2.26. The highest BCUT2D eigenvalue weighted by Crippen LogP contribution is 2.18. The van der Waals surface area contributed by atoms with Crippen LogP contribution in [0.25, 0.3) is 0 Å². The van der Waals surface area contributed by atoms with Gasteiger partial charge < -0.3 is 9.80 Å². The second-order valence-corrected chi connectivity index (χ2v) is 6.22. The predicted octanol–water partition coefficient (Wildman–Crippen LogP) is 0.559. The van der Waals surface area contributed by atoms with Crippen LogP contribution in [0.4, 0.5) is 4.39 Å². The molecule has 0 unspecified atom stereocenters. The molecule has 2 amide bonds. The van der Waals surface area contributed by atoms with E-state index in [1.807, 2.05) is 0 Å². The number of aromatic nitrogens is 4. The number of piperazine rings is 1. The minimum absolute atomic E-state index is 0.0258. The maximum atomic E-state index is 13.8. The van der Waals surface area contributed by atoms with Crippen molar-refractivity contribution in [1.82, 2.24) is 30.0 Å². The molecule has 1 aromatic carbocycles. The lowest BCUT2D eigenvalue weighted by molar-refractivity contribution is -0.133. The van der Waals surface area contributed by atoms with Gasteiger partial charge in [0.25, 0.3) is 5.91 Å². The fourth-order valence-corrected chi connectivity index (χ4v) is 2.84. The first-order valence-electron chi connectivity index (χ1n) is 7.27. The van der Waals surface area contributed by atoms with Crippen molar-refractivity contribution in [2.45, 2.75) is 6.54 Å². The van der Waals surface area contributed by atoms with E-state index in [0.29, 0.717) is 30.7 Å². The van der Waals surface area contributed by atoms with E-state index in [-0.39, 0.29) is 23.9 Å². The first kappa shape index (κ1) is 16.5. The molecule has 0 N–H and O–H groups in total. The van der Waals surface area contributed by atoms with E-state index in [1.165, 1.54) is 23.1 Å². The molecule has 2 heterocycles. The van der Waals surface area contributed by atoms with Crippen LogP contribution in [0, 0.1) is 5.82 Å². The molecule has 1 aliphatic rings. The van der Waals surface area contributed by atoms with Crippen LogP contribution in [0.1, 0.15) is 10.4 Å². The van der Waals surface area contributed by atoms with Crippen LogP contribution >= 0.6 is 15.9 Å². The number of tetrazole rings is 1. The summed E-state index contributed by atoms with van der Waals surface area (Å²) in [5.74, 6) is -1.05. The van der Waals surface area contributed by atoms with Gasteiger partial charge in [0, 0.05) is 30.7 Å². The summed E-state index contributed by atoms with van der Waals surface area (Å²) in [6, 6.07) is 4.26. The average molecular weight is 397 g/mol. The van der Waals surface area contributed by atoms with Crippen molar-refractivity contribution < 1.29 is 14.0 Å². The number of benzene rings is 1. The molecular weight excluding hydrogens is 383 g/mol. The van der Waals surface area contributed by atoms with E-state index < -0.39 is 5.82 Å². The Kier molecular flexibility index (Phi) is 4.84. The van der Waals surface area contributed by atoms with Crippen molar-refractivity contribution in [3.63, 3.8) is 0 Å². The SMILES string of the molecule is O=C(Cn1cnnn1)N1CCN(C(=O)c2cc(Br)ccc2F)CC1. The van der Waals surface area contributed by atoms with E-state index in [9.17, 15) is 14.0 Å². The van der Waals surface area contributed by atoms with Crippen molar-refractivity contribution in [3.05, 3.63) is 40.4 Å². The molecule has 1 saturated heterocycles. The Morgan fingerprint density at radius 3 is 2.54 bits per heavy atom. The fourth-order valence-electron chi connectivity index (χ4n) is 2.48. The van der Waals surface area contributed by atoms with E-state index >= 15 is 0 Å². The van der Waals surface area contributed by atoms with Gasteiger partial charge in [-0.25, -0.2) is 9.07 Å². The third kappa shape index (κ3) is 3.58. The zero-order valence-corrected chi connectivity index (χ0v) is 14.2. The van der Waals surface area contributed by atoms with Gasteiger partial charge in [-0.1, -0.05) is 15.9 Å². The number of rotatable bonds is 3. The predicted molar refractivity (Wildman–Crippen MR) is 84.4 cm³/mol. The Balaban J connectivity index is 1.59. The van der Waals surface area contributed by atoms with E-state index in [0.717, 1.165) is 0 Å². The second kappa shape index (κ2) is 7.04. The van der Waals surface area contributed by atoms with E-state index in [1.54, 1.807) is 15.9 Å². The summed E-state index contributed by atoms with van der Waals surface area (Å²) >= 11 is 3.24. The molecule has 1 aliphatic heterocycles. The summed E-state index contributed by atoms with van der Waals surface area (Å²) in [5.41, 5.74) is 0.0258. The minimum atomic E-state index is -0.555. The second-order valence-electron chi connectivity index (χ2n) is 5.30. The van der Waals surface area contributed by atoms with Gasteiger partial charge in [-0.3, -0.25) is 9.59 Å². The zero-order valence-electron chi connectivity index (χ0n) is 12.6. The topological polar surface area (TPSA) is 84.2 Å². The first-order chi connectivity index (χ1) is 11.5. The molecule has 8 nitrogen and oxygen atoms in total. The lowest BCUT2D eigenvalue weighted by Crippen LogP contribution is -2.51. The molecule has 10 heteroatoms. The molecule has 24 heavy (non-hydrogen) atoms. The standard InChI is InChI=1S/C14H14BrFN6O2/c15-10-1-2-12(16)11(7-10)14(24)21-5-3-20(4-6-21)13(23)8-22-9-17-18-19-22/h1-2,7,9H,3-6,8H2. The Labute approximate surface area is 145 Å². The van der Waals surface area contributed by atoms with Crippen LogP contribution in [-0.4, -0.2) is 68.0 Å². The molecule has 0 spiro atoms. The largest absolute Gasteiger partial charge is 0.338 e. The number of carbonyl (C=O) groups excluding carboxylic acids is 2. The maximum Gasteiger partial charge on any atom is 0.256 e. The van der Waals surface area contributed by atoms with Crippen LogP contribution in [0.5, 0.6) is 0 Å². The zero-order chi connectivity index (χ0) is 17.1. The van der Waals surface area contributed by atoms with Gasteiger partial charge in [0.15, 0.2) is 0 Å².